The zero-order chi connectivity index (χ0) is 12.3. The van der Waals surface area contributed by atoms with Crippen LogP contribution in [0.15, 0.2) is 0 Å². The number of aromatic nitrogens is 3. The van der Waals surface area contributed by atoms with E-state index >= 15 is 0 Å². The highest BCUT2D eigenvalue weighted by atomic mass is 16.2. The summed E-state index contributed by atoms with van der Waals surface area (Å²) in [5.74, 6) is 0.324. The maximum Gasteiger partial charge on any atom is 0.288 e. The maximum atomic E-state index is 11.6. The molecule has 16 heavy (non-hydrogen) atoms. The summed E-state index contributed by atoms with van der Waals surface area (Å²) >= 11 is 0. The average Bonchev–Trinajstić information content (AvgIpc) is 2.59. The monoisotopic (exact) mass is 225 g/mol. The third-order valence-electron chi connectivity index (χ3n) is 2.76. The molecule has 6 heteroatoms. The molecule has 0 aliphatic carbocycles. The second kappa shape index (κ2) is 4.51. The highest BCUT2D eigenvalue weighted by molar-refractivity contribution is 5.90. The summed E-state index contributed by atoms with van der Waals surface area (Å²) in [5, 5.41) is 8.85. The molecule has 1 heterocycles. The quantitative estimate of drug-likeness (QED) is 0.708. The Labute approximate surface area is 95.0 Å². The van der Waals surface area contributed by atoms with Gasteiger partial charge in [0, 0.05) is 6.54 Å². The van der Waals surface area contributed by atoms with Crippen LogP contribution in [0.2, 0.25) is 0 Å². The van der Waals surface area contributed by atoms with Gasteiger partial charge in [0.1, 0.15) is 0 Å². The first kappa shape index (κ1) is 12.5. The van der Waals surface area contributed by atoms with Crippen molar-refractivity contribution in [1.82, 2.24) is 20.5 Å². The van der Waals surface area contributed by atoms with E-state index in [4.69, 9.17) is 5.73 Å². The highest BCUT2D eigenvalue weighted by Crippen LogP contribution is 2.24. The zero-order valence-corrected chi connectivity index (χ0v) is 10.2. The van der Waals surface area contributed by atoms with Gasteiger partial charge in [0.25, 0.3) is 5.91 Å². The van der Waals surface area contributed by atoms with Crippen LogP contribution < -0.4 is 11.1 Å². The Hall–Kier alpha value is -1.59. The van der Waals surface area contributed by atoms with Gasteiger partial charge in [-0.1, -0.05) is 27.7 Å². The van der Waals surface area contributed by atoms with Crippen LogP contribution in [-0.2, 0) is 0 Å². The topological polar surface area (TPSA) is 96.7 Å². The molecule has 0 aromatic carbocycles. The summed E-state index contributed by atoms with van der Waals surface area (Å²) in [6, 6.07) is 0. The standard InChI is InChI=1S/C10H19N5O/c1-6(10(2,3)4)5-12-8(16)7-13-9(11)15-14-7/h6H,5H2,1-4H3,(H,12,16)(H3,11,13,14,15). The van der Waals surface area contributed by atoms with Crippen LogP contribution in [0.25, 0.3) is 0 Å². The van der Waals surface area contributed by atoms with Crippen molar-refractivity contribution in [2.24, 2.45) is 11.3 Å². The number of nitrogen functional groups attached to an aromatic ring is 1. The van der Waals surface area contributed by atoms with E-state index in [1.54, 1.807) is 0 Å². The van der Waals surface area contributed by atoms with Crippen LogP contribution >= 0.6 is 0 Å². The minimum atomic E-state index is -0.277. The molecule has 0 aliphatic rings. The fourth-order valence-electron chi connectivity index (χ4n) is 1.01. The molecule has 0 aliphatic heterocycles. The van der Waals surface area contributed by atoms with Crippen LogP contribution in [0.1, 0.15) is 38.3 Å². The molecule has 1 aromatic heterocycles. The lowest BCUT2D eigenvalue weighted by atomic mass is 9.82. The first-order valence-electron chi connectivity index (χ1n) is 5.27. The van der Waals surface area contributed by atoms with Crippen LogP contribution in [-0.4, -0.2) is 27.6 Å². The van der Waals surface area contributed by atoms with E-state index in [2.05, 4.69) is 48.2 Å². The van der Waals surface area contributed by atoms with Gasteiger partial charge < -0.3 is 11.1 Å². The molecule has 1 aromatic rings. The minimum absolute atomic E-state index is 0.0778. The lowest BCUT2D eigenvalue weighted by Crippen LogP contribution is -2.34. The molecule has 4 N–H and O–H groups in total. The lowest BCUT2D eigenvalue weighted by molar-refractivity contribution is 0.0927. The number of nitrogens with zero attached hydrogens (tertiary/aromatic N) is 2. The summed E-state index contributed by atoms with van der Waals surface area (Å²) in [7, 11) is 0. The maximum absolute atomic E-state index is 11.6. The number of H-pyrrole nitrogens is 1. The number of nitrogens with two attached hydrogens (primary N) is 1. The lowest BCUT2D eigenvalue weighted by Gasteiger charge is -2.27. The molecule has 0 bridgehead atoms. The summed E-state index contributed by atoms with van der Waals surface area (Å²) in [6.45, 7) is 9.10. The van der Waals surface area contributed by atoms with Crippen molar-refractivity contribution in [3.05, 3.63) is 5.82 Å². The Morgan fingerprint density at radius 3 is 2.62 bits per heavy atom. The molecule has 0 fully saturated rings. The van der Waals surface area contributed by atoms with E-state index in [0.29, 0.717) is 12.5 Å². The molecule has 6 nitrogen and oxygen atoms in total. The normalized spacial score (nSPS) is 13.5. The van der Waals surface area contributed by atoms with Crippen molar-refractivity contribution in [3.8, 4) is 0 Å². The minimum Gasteiger partial charge on any atom is -0.366 e. The van der Waals surface area contributed by atoms with Crippen molar-refractivity contribution in [2.45, 2.75) is 27.7 Å². The SMILES string of the molecule is CC(CNC(=O)c1nc(N)n[nH]1)C(C)(C)C. The van der Waals surface area contributed by atoms with Gasteiger partial charge in [-0.2, -0.15) is 4.98 Å². The van der Waals surface area contributed by atoms with Crippen LogP contribution in [0.4, 0.5) is 5.95 Å². The number of hydrogen-bond acceptors (Lipinski definition) is 4. The molecule has 0 saturated heterocycles. The largest absolute Gasteiger partial charge is 0.366 e. The summed E-state index contributed by atoms with van der Waals surface area (Å²) in [4.78, 5) is 15.3. The predicted molar refractivity (Wildman–Crippen MR) is 61.7 cm³/mol. The van der Waals surface area contributed by atoms with Gasteiger partial charge in [-0.3, -0.25) is 9.89 Å². The summed E-state index contributed by atoms with van der Waals surface area (Å²) in [5.41, 5.74) is 5.47. The van der Waals surface area contributed by atoms with E-state index < -0.39 is 0 Å². The Kier molecular flexibility index (Phi) is 3.51. The van der Waals surface area contributed by atoms with Crippen LogP contribution in [0.5, 0.6) is 0 Å². The molecule has 1 amide bonds. The van der Waals surface area contributed by atoms with Gasteiger partial charge in [0.2, 0.25) is 11.8 Å². The molecule has 1 atom stereocenters. The highest BCUT2D eigenvalue weighted by Gasteiger charge is 2.21. The molecule has 0 saturated carbocycles. The van der Waals surface area contributed by atoms with E-state index in [1.807, 2.05) is 0 Å². The average molecular weight is 225 g/mol. The Morgan fingerprint density at radius 1 is 1.56 bits per heavy atom. The van der Waals surface area contributed by atoms with Gasteiger partial charge in [-0.15, -0.1) is 5.10 Å². The molecular weight excluding hydrogens is 206 g/mol. The first-order valence-corrected chi connectivity index (χ1v) is 5.27. The number of hydrogen-bond donors (Lipinski definition) is 3. The van der Waals surface area contributed by atoms with Gasteiger partial charge in [0.05, 0.1) is 0 Å². The van der Waals surface area contributed by atoms with Gasteiger partial charge in [-0.25, -0.2) is 0 Å². The number of rotatable bonds is 3. The smallest absolute Gasteiger partial charge is 0.288 e. The van der Waals surface area contributed by atoms with E-state index in [9.17, 15) is 4.79 Å². The molecule has 90 valence electrons. The fraction of sp³-hybridized carbons (Fsp3) is 0.700. The Morgan fingerprint density at radius 2 is 2.19 bits per heavy atom. The third-order valence-corrected chi connectivity index (χ3v) is 2.76. The first-order chi connectivity index (χ1) is 7.30. The number of nitrogens with one attached hydrogen (secondary N) is 2. The Bertz CT molecular complexity index is 366. The fourth-order valence-corrected chi connectivity index (χ4v) is 1.01. The van der Waals surface area contributed by atoms with Crippen LogP contribution in [0, 0.1) is 11.3 Å². The van der Waals surface area contributed by atoms with Crippen molar-refractivity contribution in [1.29, 1.82) is 0 Å². The van der Waals surface area contributed by atoms with E-state index in [0.717, 1.165) is 0 Å². The van der Waals surface area contributed by atoms with E-state index in [-0.39, 0.29) is 23.1 Å². The second-order valence-electron chi connectivity index (χ2n) is 5.02. The predicted octanol–water partition coefficient (Wildman–Crippen LogP) is 0.799. The molecule has 0 radical (unpaired) electrons. The third kappa shape index (κ3) is 3.22. The molecule has 1 unspecified atom stereocenters. The molecule has 0 spiro atoms. The number of carbonyl (C=O) groups is 1. The molecular formula is C10H19N5O. The second-order valence-corrected chi connectivity index (χ2v) is 5.02. The number of aromatic amines is 1. The van der Waals surface area contributed by atoms with Crippen molar-refractivity contribution in [2.75, 3.05) is 12.3 Å². The zero-order valence-electron chi connectivity index (χ0n) is 10.2. The summed E-state index contributed by atoms with van der Waals surface area (Å²) < 4.78 is 0. The van der Waals surface area contributed by atoms with Gasteiger partial charge in [-0.05, 0) is 11.3 Å². The summed E-state index contributed by atoms with van der Waals surface area (Å²) in [6.07, 6.45) is 0. The van der Waals surface area contributed by atoms with Crippen molar-refractivity contribution >= 4 is 11.9 Å². The molecule has 1 rings (SSSR count). The van der Waals surface area contributed by atoms with Crippen molar-refractivity contribution < 1.29 is 4.79 Å². The number of anilines is 1. The Balaban J connectivity index is 2.48. The van der Waals surface area contributed by atoms with Gasteiger partial charge >= 0.3 is 0 Å². The number of amides is 1. The van der Waals surface area contributed by atoms with Crippen LogP contribution in [0.3, 0.4) is 0 Å². The van der Waals surface area contributed by atoms with Crippen molar-refractivity contribution in [3.63, 3.8) is 0 Å². The van der Waals surface area contributed by atoms with Gasteiger partial charge in [0.15, 0.2) is 0 Å². The van der Waals surface area contributed by atoms with E-state index in [1.165, 1.54) is 0 Å². The number of carbonyl (C=O) groups excluding carboxylic acids is 1.